The molecule has 0 aliphatic carbocycles. The van der Waals surface area contributed by atoms with Crippen molar-refractivity contribution in [3.05, 3.63) is 71.9 Å². The molecule has 2 aliphatic heterocycles. The van der Waals surface area contributed by atoms with Gasteiger partial charge in [0.1, 0.15) is 17.3 Å². The number of nitriles is 1. The van der Waals surface area contributed by atoms with Crippen molar-refractivity contribution in [2.75, 3.05) is 26.2 Å². The number of amides is 1. The van der Waals surface area contributed by atoms with Gasteiger partial charge in [-0.15, -0.1) is 0 Å². The molecule has 10 heteroatoms. The molecule has 0 radical (unpaired) electrons. The van der Waals surface area contributed by atoms with Crippen molar-refractivity contribution in [2.45, 2.75) is 43.6 Å². The van der Waals surface area contributed by atoms with E-state index in [0.717, 1.165) is 31.4 Å². The summed E-state index contributed by atoms with van der Waals surface area (Å²) in [5, 5.41) is 17.4. The molecule has 208 valence electrons. The second kappa shape index (κ2) is 12.2. The fourth-order valence-electron chi connectivity index (χ4n) is 5.16. The molecule has 1 amide bonds. The van der Waals surface area contributed by atoms with Gasteiger partial charge in [0.2, 0.25) is 10.0 Å². The van der Waals surface area contributed by atoms with Crippen molar-refractivity contribution in [1.82, 2.24) is 19.4 Å². The fraction of sp³-hybridized carbons (Fsp3) is 0.367. The summed E-state index contributed by atoms with van der Waals surface area (Å²) in [5.41, 5.74) is 2.28. The maximum Gasteiger partial charge on any atom is 0.262 e. The third-order valence-corrected chi connectivity index (χ3v) is 9.17. The van der Waals surface area contributed by atoms with Crippen LogP contribution in [0.5, 0.6) is 0 Å². The first-order chi connectivity index (χ1) is 19.3. The van der Waals surface area contributed by atoms with Crippen LogP contribution >= 0.6 is 0 Å². The van der Waals surface area contributed by atoms with E-state index in [9.17, 15) is 18.5 Å². The van der Waals surface area contributed by atoms with Crippen molar-refractivity contribution in [3.8, 4) is 23.0 Å². The number of carbonyl (C=O) groups excluding carboxylic acids is 1. The Bertz CT molecular complexity index is 1540. The number of piperidine rings is 1. The van der Waals surface area contributed by atoms with E-state index in [0.29, 0.717) is 49.0 Å². The first-order valence-electron chi connectivity index (χ1n) is 13.6. The highest BCUT2D eigenvalue weighted by Crippen LogP contribution is 2.30. The lowest BCUT2D eigenvalue weighted by Crippen LogP contribution is -2.39. The van der Waals surface area contributed by atoms with Gasteiger partial charge >= 0.3 is 0 Å². The Morgan fingerprint density at radius 2 is 2.00 bits per heavy atom. The summed E-state index contributed by atoms with van der Waals surface area (Å²) in [7, 11) is -3.69. The van der Waals surface area contributed by atoms with E-state index in [4.69, 9.17) is 9.84 Å². The Morgan fingerprint density at radius 3 is 2.73 bits per heavy atom. The van der Waals surface area contributed by atoms with Gasteiger partial charge in [0.05, 0.1) is 16.7 Å². The molecule has 0 spiro atoms. The molecule has 0 bridgehead atoms. The molecule has 2 aromatic carbocycles. The molecule has 5 rings (SSSR count). The lowest BCUT2D eigenvalue weighted by atomic mass is 10.0. The lowest BCUT2D eigenvalue weighted by molar-refractivity contribution is -0.117. The summed E-state index contributed by atoms with van der Waals surface area (Å²) in [6.45, 7) is 4.07. The van der Waals surface area contributed by atoms with Crippen LogP contribution in [0.1, 0.15) is 38.2 Å². The molecule has 2 saturated heterocycles. The molecule has 2 aliphatic rings. The van der Waals surface area contributed by atoms with Gasteiger partial charge < -0.3 is 10.1 Å². The second-order valence-corrected chi connectivity index (χ2v) is 12.3. The third-order valence-electron chi connectivity index (χ3n) is 7.31. The minimum Gasteiger partial charge on any atom is -0.376 e. The van der Waals surface area contributed by atoms with Crippen molar-refractivity contribution in [3.63, 3.8) is 0 Å². The molecule has 2 atom stereocenters. The number of hydrogen-bond acceptors (Lipinski definition) is 6. The maximum atomic E-state index is 13.5. The Labute approximate surface area is 235 Å². The average Bonchev–Trinajstić information content (AvgIpc) is 3.65. The normalized spacial score (nSPS) is 20.2. The van der Waals surface area contributed by atoms with Gasteiger partial charge in [0, 0.05) is 43.6 Å². The first-order valence-corrected chi connectivity index (χ1v) is 15.1. The molecular formula is C30H33N5O4S. The molecule has 1 aromatic heterocycles. The van der Waals surface area contributed by atoms with Gasteiger partial charge in [-0.1, -0.05) is 37.3 Å². The van der Waals surface area contributed by atoms with Crippen molar-refractivity contribution in [2.24, 2.45) is 5.92 Å². The molecule has 40 heavy (non-hydrogen) atoms. The number of nitrogens with one attached hydrogen (secondary N) is 1. The van der Waals surface area contributed by atoms with Gasteiger partial charge in [-0.3, -0.25) is 4.79 Å². The highest BCUT2D eigenvalue weighted by atomic mass is 32.2. The van der Waals surface area contributed by atoms with E-state index < -0.39 is 15.9 Å². The van der Waals surface area contributed by atoms with Gasteiger partial charge in [0.15, 0.2) is 0 Å². The summed E-state index contributed by atoms with van der Waals surface area (Å²) in [6, 6.07) is 18.2. The van der Waals surface area contributed by atoms with E-state index in [1.807, 2.05) is 36.4 Å². The van der Waals surface area contributed by atoms with Crippen LogP contribution < -0.4 is 5.32 Å². The van der Waals surface area contributed by atoms with E-state index in [-0.39, 0.29) is 16.6 Å². The number of ether oxygens (including phenoxy) is 1. The standard InChI is InChI=1S/C30H33N5O4S/c1-22-8-6-14-34(20-22)40(37,38)28-13-5-9-23(17-28)29-25(21-35(33-29)26-10-3-2-4-11-26)16-24(18-31)30(36)32-19-27-12-7-15-39-27/h2-5,9-11,13,16-17,21-22,27H,6-8,12,14-15,19-20H2,1H3,(H,32,36)/b24-16+/t22-,27-/m0/s1. The first kappa shape index (κ1) is 27.8. The van der Waals surface area contributed by atoms with Gasteiger partial charge in [-0.2, -0.15) is 14.7 Å². The van der Waals surface area contributed by atoms with Crippen LogP contribution in [0.25, 0.3) is 23.0 Å². The fourth-order valence-corrected chi connectivity index (χ4v) is 6.80. The van der Waals surface area contributed by atoms with Crippen LogP contribution in [0, 0.1) is 17.2 Å². The van der Waals surface area contributed by atoms with E-state index in [2.05, 4.69) is 12.2 Å². The van der Waals surface area contributed by atoms with Crippen LogP contribution in [-0.4, -0.2) is 60.8 Å². The van der Waals surface area contributed by atoms with Crippen LogP contribution in [0.2, 0.25) is 0 Å². The largest absolute Gasteiger partial charge is 0.376 e. The summed E-state index contributed by atoms with van der Waals surface area (Å²) in [5.74, 6) is -0.187. The molecule has 0 unspecified atom stereocenters. The molecule has 2 fully saturated rings. The van der Waals surface area contributed by atoms with E-state index in [1.165, 1.54) is 6.08 Å². The summed E-state index contributed by atoms with van der Waals surface area (Å²) in [4.78, 5) is 13.1. The Balaban J connectivity index is 1.51. The number of sulfonamides is 1. The van der Waals surface area contributed by atoms with Crippen molar-refractivity contribution < 1.29 is 17.9 Å². The number of nitrogens with zero attached hydrogens (tertiary/aromatic N) is 4. The maximum absolute atomic E-state index is 13.5. The lowest BCUT2D eigenvalue weighted by Gasteiger charge is -2.30. The number of carbonyl (C=O) groups is 1. The third kappa shape index (κ3) is 6.17. The Hall–Kier alpha value is -3.78. The van der Waals surface area contributed by atoms with Gasteiger partial charge in [-0.05, 0) is 61.9 Å². The monoisotopic (exact) mass is 559 g/mol. The highest BCUT2D eigenvalue weighted by Gasteiger charge is 2.29. The summed E-state index contributed by atoms with van der Waals surface area (Å²) < 4.78 is 35.8. The number of rotatable bonds is 8. The van der Waals surface area contributed by atoms with Crippen molar-refractivity contribution in [1.29, 1.82) is 5.26 Å². The predicted molar refractivity (Wildman–Crippen MR) is 152 cm³/mol. The number of aromatic nitrogens is 2. The van der Waals surface area contributed by atoms with Gasteiger partial charge in [-0.25, -0.2) is 13.1 Å². The minimum absolute atomic E-state index is 0.0483. The molecule has 0 saturated carbocycles. The summed E-state index contributed by atoms with van der Waals surface area (Å²) >= 11 is 0. The predicted octanol–water partition coefficient (Wildman–Crippen LogP) is 4.16. The molecular weight excluding hydrogens is 526 g/mol. The van der Waals surface area contributed by atoms with E-state index in [1.54, 1.807) is 39.4 Å². The number of para-hydroxylation sites is 1. The van der Waals surface area contributed by atoms with Crippen LogP contribution in [0.4, 0.5) is 0 Å². The zero-order valence-corrected chi connectivity index (χ0v) is 23.3. The smallest absolute Gasteiger partial charge is 0.262 e. The summed E-state index contributed by atoms with van der Waals surface area (Å²) in [6.07, 6.45) is 6.87. The number of benzene rings is 2. The van der Waals surface area contributed by atoms with Crippen LogP contribution in [0.15, 0.2) is 71.3 Å². The SMILES string of the molecule is C[C@H]1CCCN(S(=O)(=O)c2cccc(-c3nn(-c4ccccc4)cc3/C=C(\C#N)C(=O)NC[C@@H]3CCCO3)c2)C1. The Kier molecular flexibility index (Phi) is 8.45. The minimum atomic E-state index is -3.69. The zero-order valence-electron chi connectivity index (χ0n) is 22.5. The number of hydrogen-bond donors (Lipinski definition) is 1. The molecule has 9 nitrogen and oxygen atoms in total. The second-order valence-electron chi connectivity index (χ2n) is 10.4. The van der Waals surface area contributed by atoms with E-state index >= 15 is 0 Å². The zero-order chi connectivity index (χ0) is 28.1. The highest BCUT2D eigenvalue weighted by molar-refractivity contribution is 7.89. The van der Waals surface area contributed by atoms with Crippen LogP contribution in [0.3, 0.4) is 0 Å². The molecule has 1 N–H and O–H groups in total. The Morgan fingerprint density at radius 1 is 1.18 bits per heavy atom. The van der Waals surface area contributed by atoms with Crippen LogP contribution in [-0.2, 0) is 19.6 Å². The average molecular weight is 560 g/mol. The topological polar surface area (TPSA) is 117 Å². The van der Waals surface area contributed by atoms with Gasteiger partial charge in [0.25, 0.3) is 5.91 Å². The molecule has 3 aromatic rings. The molecule has 3 heterocycles. The quantitative estimate of drug-likeness (QED) is 0.327. The van der Waals surface area contributed by atoms with Crippen molar-refractivity contribution >= 4 is 22.0 Å².